The molecule has 15 heavy (non-hydrogen) atoms. The second-order valence-corrected chi connectivity index (χ2v) is 5.03. The van der Waals surface area contributed by atoms with Gasteiger partial charge in [-0.3, -0.25) is 0 Å². The van der Waals surface area contributed by atoms with E-state index in [1.165, 1.54) is 0 Å². The van der Waals surface area contributed by atoms with Gasteiger partial charge >= 0.3 is 0 Å². The van der Waals surface area contributed by atoms with E-state index in [4.69, 9.17) is 5.73 Å². The first-order chi connectivity index (χ1) is 6.94. The number of nitrogens with two attached hydrogens (primary N) is 1. The molecule has 0 aliphatic heterocycles. The minimum absolute atomic E-state index is 0.239. The van der Waals surface area contributed by atoms with Gasteiger partial charge in [0.1, 0.15) is 0 Å². The van der Waals surface area contributed by atoms with Gasteiger partial charge in [-0.1, -0.05) is 20.8 Å². The van der Waals surface area contributed by atoms with Crippen LogP contribution in [-0.2, 0) is 6.42 Å². The molecule has 4 heteroatoms. The van der Waals surface area contributed by atoms with Crippen LogP contribution in [-0.4, -0.2) is 15.0 Å². The number of anilines is 1. The Morgan fingerprint density at radius 3 is 2.67 bits per heavy atom. The van der Waals surface area contributed by atoms with Gasteiger partial charge in [-0.15, -0.1) is 0 Å². The van der Waals surface area contributed by atoms with Crippen molar-refractivity contribution < 1.29 is 0 Å². The maximum atomic E-state index is 5.56. The molecule has 0 aliphatic carbocycles. The number of nitrogens with one attached hydrogen (secondary N) is 1. The fourth-order valence-electron chi connectivity index (χ4n) is 1.59. The van der Waals surface area contributed by atoms with Crippen LogP contribution in [0.1, 0.15) is 26.5 Å². The van der Waals surface area contributed by atoms with Gasteiger partial charge in [0.05, 0.1) is 5.52 Å². The number of aromatic amines is 1. The van der Waals surface area contributed by atoms with Crippen LogP contribution in [0, 0.1) is 5.41 Å². The molecular weight excluding hydrogens is 188 g/mol. The Morgan fingerprint density at radius 1 is 1.27 bits per heavy atom. The third-order valence-corrected chi connectivity index (χ3v) is 2.13. The monoisotopic (exact) mass is 204 g/mol. The first kappa shape index (κ1) is 9.96. The molecule has 4 nitrogen and oxygen atoms in total. The maximum absolute atomic E-state index is 5.56. The van der Waals surface area contributed by atoms with Crippen molar-refractivity contribution in [1.82, 2.24) is 15.0 Å². The van der Waals surface area contributed by atoms with Gasteiger partial charge in [-0.25, -0.2) is 4.98 Å². The van der Waals surface area contributed by atoms with E-state index in [-0.39, 0.29) is 5.41 Å². The lowest BCUT2D eigenvalue weighted by Crippen LogP contribution is -2.10. The van der Waals surface area contributed by atoms with Gasteiger partial charge in [-0.05, 0) is 24.0 Å². The van der Waals surface area contributed by atoms with E-state index in [1.54, 1.807) is 0 Å². The number of hydrogen-bond donors (Lipinski definition) is 2. The SMILES string of the molecule is CC(C)(C)Cc1ccc2[nH]c(N)nc2n1. The molecule has 0 spiro atoms. The minimum atomic E-state index is 0.239. The molecule has 0 bridgehead atoms. The molecule has 0 atom stereocenters. The maximum Gasteiger partial charge on any atom is 0.200 e. The lowest BCUT2D eigenvalue weighted by molar-refractivity contribution is 0.407. The van der Waals surface area contributed by atoms with Crippen molar-refractivity contribution in [2.24, 2.45) is 5.41 Å². The summed E-state index contributed by atoms with van der Waals surface area (Å²) in [7, 11) is 0. The number of imidazole rings is 1. The summed E-state index contributed by atoms with van der Waals surface area (Å²) in [6.07, 6.45) is 0.940. The van der Waals surface area contributed by atoms with Crippen molar-refractivity contribution >= 4 is 17.1 Å². The number of H-pyrrole nitrogens is 1. The largest absolute Gasteiger partial charge is 0.369 e. The van der Waals surface area contributed by atoms with Crippen molar-refractivity contribution in [1.29, 1.82) is 0 Å². The Bertz CT molecular complexity index is 479. The normalized spacial score (nSPS) is 12.2. The average Bonchev–Trinajstić information content (AvgIpc) is 2.40. The number of nitrogen functional groups attached to an aromatic ring is 1. The van der Waals surface area contributed by atoms with Gasteiger partial charge in [0.2, 0.25) is 0 Å². The molecule has 0 saturated heterocycles. The molecule has 80 valence electrons. The van der Waals surface area contributed by atoms with Crippen LogP contribution in [0.15, 0.2) is 12.1 Å². The Kier molecular flexibility index (Phi) is 2.14. The first-order valence-corrected chi connectivity index (χ1v) is 5.05. The zero-order valence-corrected chi connectivity index (χ0v) is 9.33. The van der Waals surface area contributed by atoms with Crippen molar-refractivity contribution in [2.75, 3.05) is 5.73 Å². The fourth-order valence-corrected chi connectivity index (χ4v) is 1.59. The van der Waals surface area contributed by atoms with E-state index in [0.29, 0.717) is 11.6 Å². The molecular formula is C11H16N4. The van der Waals surface area contributed by atoms with Crippen LogP contribution in [0.5, 0.6) is 0 Å². The number of rotatable bonds is 1. The lowest BCUT2D eigenvalue weighted by Gasteiger charge is -2.16. The van der Waals surface area contributed by atoms with Gasteiger partial charge in [0.15, 0.2) is 11.6 Å². The van der Waals surface area contributed by atoms with E-state index in [0.717, 1.165) is 17.6 Å². The Morgan fingerprint density at radius 2 is 2.00 bits per heavy atom. The molecule has 0 amide bonds. The highest BCUT2D eigenvalue weighted by Gasteiger charge is 2.13. The molecule has 2 aromatic heterocycles. The van der Waals surface area contributed by atoms with Gasteiger partial charge < -0.3 is 10.7 Å². The fraction of sp³-hybridized carbons (Fsp3) is 0.455. The van der Waals surface area contributed by atoms with Crippen LogP contribution in [0.4, 0.5) is 5.95 Å². The predicted octanol–water partition coefficient (Wildman–Crippen LogP) is 2.13. The Balaban J connectivity index is 2.38. The molecule has 0 radical (unpaired) electrons. The quantitative estimate of drug-likeness (QED) is 0.747. The smallest absolute Gasteiger partial charge is 0.200 e. The molecule has 0 saturated carbocycles. The van der Waals surface area contributed by atoms with E-state index in [2.05, 4.69) is 35.7 Å². The molecule has 0 aliphatic rings. The Labute approximate surface area is 88.9 Å². The zero-order chi connectivity index (χ0) is 11.1. The minimum Gasteiger partial charge on any atom is -0.369 e. The summed E-state index contributed by atoms with van der Waals surface area (Å²) in [6, 6.07) is 4.00. The topological polar surface area (TPSA) is 67.6 Å². The lowest BCUT2D eigenvalue weighted by atomic mass is 9.90. The number of hydrogen-bond acceptors (Lipinski definition) is 3. The summed E-state index contributed by atoms with van der Waals surface area (Å²) in [6.45, 7) is 6.58. The molecule has 2 heterocycles. The third-order valence-electron chi connectivity index (χ3n) is 2.13. The van der Waals surface area contributed by atoms with Crippen molar-refractivity contribution in [3.63, 3.8) is 0 Å². The summed E-state index contributed by atoms with van der Waals surface area (Å²) in [5.74, 6) is 0.422. The van der Waals surface area contributed by atoms with Crippen molar-refractivity contribution in [3.8, 4) is 0 Å². The predicted molar refractivity (Wildman–Crippen MR) is 61.5 cm³/mol. The summed E-state index contributed by atoms with van der Waals surface area (Å²) >= 11 is 0. The molecule has 0 unspecified atom stereocenters. The van der Waals surface area contributed by atoms with Gasteiger partial charge in [0, 0.05) is 5.69 Å². The van der Waals surface area contributed by atoms with E-state index in [9.17, 15) is 0 Å². The first-order valence-electron chi connectivity index (χ1n) is 5.05. The van der Waals surface area contributed by atoms with Crippen LogP contribution >= 0.6 is 0 Å². The van der Waals surface area contributed by atoms with E-state index < -0.39 is 0 Å². The van der Waals surface area contributed by atoms with Crippen molar-refractivity contribution in [2.45, 2.75) is 27.2 Å². The second kappa shape index (κ2) is 3.22. The highest BCUT2D eigenvalue weighted by atomic mass is 15.1. The van der Waals surface area contributed by atoms with Gasteiger partial charge in [0.25, 0.3) is 0 Å². The molecule has 2 rings (SSSR count). The number of nitrogens with zero attached hydrogens (tertiary/aromatic N) is 2. The standard InChI is InChI=1S/C11H16N4/c1-11(2,3)6-7-4-5-8-9(13-7)15-10(12)14-8/h4-5H,6H2,1-3H3,(H3,12,13,14,15). The van der Waals surface area contributed by atoms with Gasteiger partial charge in [-0.2, -0.15) is 4.98 Å². The number of fused-ring (bicyclic) bond motifs is 1. The number of aromatic nitrogens is 3. The molecule has 0 fully saturated rings. The average molecular weight is 204 g/mol. The summed E-state index contributed by atoms with van der Waals surface area (Å²) in [5, 5.41) is 0. The number of pyridine rings is 1. The summed E-state index contributed by atoms with van der Waals surface area (Å²) in [4.78, 5) is 11.5. The van der Waals surface area contributed by atoms with Crippen LogP contribution in [0.3, 0.4) is 0 Å². The third kappa shape index (κ3) is 2.26. The van der Waals surface area contributed by atoms with Crippen LogP contribution in [0.25, 0.3) is 11.2 Å². The van der Waals surface area contributed by atoms with Crippen LogP contribution in [0.2, 0.25) is 0 Å². The van der Waals surface area contributed by atoms with Crippen LogP contribution < -0.4 is 5.73 Å². The highest BCUT2D eigenvalue weighted by molar-refractivity contribution is 5.72. The van der Waals surface area contributed by atoms with Crippen molar-refractivity contribution in [3.05, 3.63) is 17.8 Å². The highest BCUT2D eigenvalue weighted by Crippen LogP contribution is 2.20. The second-order valence-electron chi connectivity index (χ2n) is 5.03. The summed E-state index contributed by atoms with van der Waals surface area (Å²) < 4.78 is 0. The molecule has 0 aromatic carbocycles. The molecule has 3 N–H and O–H groups in total. The van der Waals surface area contributed by atoms with E-state index >= 15 is 0 Å². The Hall–Kier alpha value is -1.58. The van der Waals surface area contributed by atoms with E-state index in [1.807, 2.05) is 12.1 Å². The zero-order valence-electron chi connectivity index (χ0n) is 9.33. The molecule has 2 aromatic rings. The summed E-state index contributed by atoms with van der Waals surface area (Å²) in [5.41, 5.74) is 8.45.